The molecule has 0 unspecified atom stereocenters. The van der Waals surface area contributed by atoms with Crippen molar-refractivity contribution < 1.29 is 9.18 Å². The van der Waals surface area contributed by atoms with Crippen LogP contribution in [0, 0.1) is 5.82 Å². The molecule has 0 fully saturated rings. The average molecular weight is 283 g/mol. The van der Waals surface area contributed by atoms with Gasteiger partial charge in [0.15, 0.2) is 0 Å². The Bertz CT molecular complexity index is 477. The maximum absolute atomic E-state index is 13.8. The van der Waals surface area contributed by atoms with E-state index in [1.165, 1.54) is 0 Å². The van der Waals surface area contributed by atoms with E-state index in [-0.39, 0.29) is 5.82 Å². The van der Waals surface area contributed by atoms with E-state index in [0.29, 0.717) is 12.8 Å². The molecule has 0 saturated heterocycles. The molecule has 2 rings (SSSR count). The lowest BCUT2D eigenvalue weighted by Gasteiger charge is -2.18. The number of benzene rings is 1. The second kappa shape index (κ2) is 4.50. The summed E-state index contributed by atoms with van der Waals surface area (Å²) in [6.07, 6.45) is 2.86. The molecule has 0 aliphatic heterocycles. The van der Waals surface area contributed by atoms with Crippen LogP contribution in [-0.2, 0) is 17.6 Å². The van der Waals surface area contributed by atoms with Crippen LogP contribution in [0.1, 0.15) is 30.0 Å². The molecule has 1 aromatic carbocycles. The average Bonchev–Trinajstić information content (AvgIpc) is 2.30. The molecule has 84 valence electrons. The van der Waals surface area contributed by atoms with Gasteiger partial charge in [-0.15, -0.1) is 0 Å². The Hall–Kier alpha value is -0.960. The quantitative estimate of drug-likeness (QED) is 0.757. The van der Waals surface area contributed by atoms with Gasteiger partial charge >= 0.3 is 0 Å². The molecular weight excluding hydrogens is 271 g/mol. The van der Waals surface area contributed by atoms with Crippen LogP contribution in [0.2, 0.25) is 0 Å². The zero-order chi connectivity index (χ0) is 11.7. The Morgan fingerprint density at radius 3 is 2.81 bits per heavy atom. The summed E-state index contributed by atoms with van der Waals surface area (Å²) in [5.41, 5.74) is 3.24. The molecule has 1 aliphatic rings. The number of rotatable bonds is 2. The Morgan fingerprint density at radius 2 is 2.19 bits per heavy atom. The van der Waals surface area contributed by atoms with Gasteiger partial charge < -0.3 is 0 Å². The van der Waals surface area contributed by atoms with Crippen molar-refractivity contribution in [1.82, 2.24) is 0 Å². The molecule has 0 spiro atoms. The van der Waals surface area contributed by atoms with Crippen LogP contribution >= 0.6 is 15.9 Å². The van der Waals surface area contributed by atoms with Gasteiger partial charge in [0.05, 0.1) is 0 Å². The monoisotopic (exact) mass is 282 g/mol. The van der Waals surface area contributed by atoms with Crippen molar-refractivity contribution in [2.45, 2.75) is 26.2 Å². The highest BCUT2D eigenvalue weighted by Crippen LogP contribution is 2.36. The SMILES string of the molecule is CCc1cc(F)c2c(c1)C(Br)=C(C=O)CC2. The minimum Gasteiger partial charge on any atom is -0.298 e. The summed E-state index contributed by atoms with van der Waals surface area (Å²) < 4.78 is 14.5. The molecule has 0 atom stereocenters. The number of hydrogen-bond acceptors (Lipinski definition) is 1. The lowest BCUT2D eigenvalue weighted by Crippen LogP contribution is -2.06. The largest absolute Gasteiger partial charge is 0.298 e. The van der Waals surface area contributed by atoms with Crippen LogP contribution in [-0.4, -0.2) is 6.29 Å². The molecule has 0 bridgehead atoms. The van der Waals surface area contributed by atoms with Crippen molar-refractivity contribution in [3.05, 3.63) is 40.2 Å². The molecule has 16 heavy (non-hydrogen) atoms. The van der Waals surface area contributed by atoms with Gasteiger partial charge in [-0.05, 0) is 57.9 Å². The predicted octanol–water partition coefficient (Wildman–Crippen LogP) is 3.64. The van der Waals surface area contributed by atoms with E-state index >= 15 is 0 Å². The molecule has 3 heteroatoms. The summed E-state index contributed by atoms with van der Waals surface area (Å²) in [5, 5.41) is 0. The maximum Gasteiger partial charge on any atom is 0.147 e. The van der Waals surface area contributed by atoms with E-state index in [1.54, 1.807) is 6.07 Å². The van der Waals surface area contributed by atoms with E-state index in [4.69, 9.17) is 0 Å². The highest BCUT2D eigenvalue weighted by atomic mass is 79.9. The number of halogens is 2. The third kappa shape index (κ3) is 1.84. The lowest BCUT2D eigenvalue weighted by atomic mass is 9.90. The van der Waals surface area contributed by atoms with Crippen LogP contribution in [0.15, 0.2) is 17.7 Å². The van der Waals surface area contributed by atoms with Crippen molar-refractivity contribution in [3.8, 4) is 0 Å². The second-order valence-corrected chi connectivity index (χ2v) is 4.71. The van der Waals surface area contributed by atoms with Crippen LogP contribution in [0.4, 0.5) is 4.39 Å². The number of aldehydes is 1. The molecule has 1 nitrogen and oxygen atoms in total. The highest BCUT2D eigenvalue weighted by molar-refractivity contribution is 9.15. The van der Waals surface area contributed by atoms with Gasteiger partial charge in [-0.1, -0.05) is 13.0 Å². The molecule has 1 aromatic rings. The second-order valence-electron chi connectivity index (χ2n) is 3.91. The molecule has 1 aliphatic carbocycles. The van der Waals surface area contributed by atoms with Gasteiger partial charge in [0.2, 0.25) is 0 Å². The molecule has 0 saturated carbocycles. The summed E-state index contributed by atoms with van der Waals surface area (Å²) in [4.78, 5) is 10.8. The first kappa shape index (κ1) is 11.5. The fourth-order valence-corrected chi connectivity index (χ4v) is 2.65. The smallest absolute Gasteiger partial charge is 0.147 e. The fourth-order valence-electron chi connectivity index (χ4n) is 2.00. The fraction of sp³-hybridized carbons (Fsp3) is 0.308. The van der Waals surface area contributed by atoms with Gasteiger partial charge in [-0.3, -0.25) is 4.79 Å². The highest BCUT2D eigenvalue weighted by Gasteiger charge is 2.20. The standard InChI is InChI=1S/C13H12BrFO/c1-2-8-5-11-10(12(15)6-8)4-3-9(7-16)13(11)14/h5-7H,2-4H2,1H3. The van der Waals surface area contributed by atoms with Crippen LogP contribution in [0.25, 0.3) is 4.48 Å². The van der Waals surface area contributed by atoms with Crippen molar-refractivity contribution in [2.24, 2.45) is 0 Å². The lowest BCUT2D eigenvalue weighted by molar-refractivity contribution is -0.105. The summed E-state index contributed by atoms with van der Waals surface area (Å²) in [6, 6.07) is 3.55. The first-order chi connectivity index (χ1) is 7.67. The Kier molecular flexibility index (Phi) is 3.24. The van der Waals surface area contributed by atoms with E-state index < -0.39 is 0 Å². The molecule has 0 aromatic heterocycles. The van der Waals surface area contributed by atoms with E-state index in [0.717, 1.165) is 39.5 Å². The summed E-state index contributed by atoms with van der Waals surface area (Å²) >= 11 is 3.39. The number of fused-ring (bicyclic) bond motifs is 1. The van der Waals surface area contributed by atoms with Crippen LogP contribution < -0.4 is 0 Å². The maximum atomic E-state index is 13.8. The third-order valence-corrected chi connectivity index (χ3v) is 3.90. The first-order valence-electron chi connectivity index (χ1n) is 5.32. The summed E-state index contributed by atoms with van der Waals surface area (Å²) in [5.74, 6) is -0.156. The van der Waals surface area contributed by atoms with Crippen molar-refractivity contribution in [1.29, 1.82) is 0 Å². The van der Waals surface area contributed by atoms with Crippen LogP contribution in [0.5, 0.6) is 0 Å². The molecular formula is C13H12BrFO. The summed E-state index contributed by atoms with van der Waals surface area (Å²) in [6.45, 7) is 1.99. The van der Waals surface area contributed by atoms with Crippen molar-refractivity contribution in [3.63, 3.8) is 0 Å². The predicted molar refractivity (Wildman–Crippen MR) is 66.0 cm³/mol. The number of aryl methyl sites for hydroxylation is 1. The van der Waals surface area contributed by atoms with Gasteiger partial charge in [0.25, 0.3) is 0 Å². The number of carbonyl (C=O) groups is 1. The Balaban J connectivity index is 2.64. The minimum absolute atomic E-state index is 0.156. The third-order valence-electron chi connectivity index (χ3n) is 2.97. The zero-order valence-electron chi connectivity index (χ0n) is 9.02. The Labute approximate surface area is 102 Å². The zero-order valence-corrected chi connectivity index (χ0v) is 10.6. The van der Waals surface area contributed by atoms with Crippen molar-refractivity contribution >= 4 is 26.7 Å². The molecule has 0 radical (unpaired) electrons. The molecule has 0 amide bonds. The van der Waals surface area contributed by atoms with E-state index in [9.17, 15) is 9.18 Å². The van der Waals surface area contributed by atoms with E-state index in [2.05, 4.69) is 15.9 Å². The van der Waals surface area contributed by atoms with E-state index in [1.807, 2.05) is 13.0 Å². The van der Waals surface area contributed by atoms with Gasteiger partial charge in [-0.25, -0.2) is 4.39 Å². The number of allylic oxidation sites excluding steroid dienone is 1. The number of hydrogen-bond donors (Lipinski definition) is 0. The molecule has 0 heterocycles. The normalized spacial score (nSPS) is 14.9. The minimum atomic E-state index is -0.156. The van der Waals surface area contributed by atoms with Crippen LogP contribution in [0.3, 0.4) is 0 Å². The topological polar surface area (TPSA) is 17.1 Å². The van der Waals surface area contributed by atoms with Gasteiger partial charge in [0, 0.05) is 10.1 Å². The Morgan fingerprint density at radius 1 is 1.44 bits per heavy atom. The number of carbonyl (C=O) groups excluding carboxylic acids is 1. The van der Waals surface area contributed by atoms with Gasteiger partial charge in [0.1, 0.15) is 12.1 Å². The van der Waals surface area contributed by atoms with Gasteiger partial charge in [-0.2, -0.15) is 0 Å². The first-order valence-corrected chi connectivity index (χ1v) is 6.12. The summed E-state index contributed by atoms with van der Waals surface area (Å²) in [7, 11) is 0. The van der Waals surface area contributed by atoms with Crippen molar-refractivity contribution in [2.75, 3.05) is 0 Å². The molecule has 0 N–H and O–H groups in total.